The molecule has 2 unspecified atom stereocenters. The minimum absolute atomic E-state index is 0.0482. The van der Waals surface area contributed by atoms with Crippen molar-refractivity contribution in [2.45, 2.75) is 144 Å². The smallest absolute Gasteiger partial charge is 0.377 e. The van der Waals surface area contributed by atoms with Crippen molar-refractivity contribution in [1.82, 2.24) is 0 Å². The average Bonchev–Trinajstić information content (AvgIpc) is 2.70. The maximum absolute atomic E-state index is 13.3. The van der Waals surface area contributed by atoms with Crippen molar-refractivity contribution in [2.24, 2.45) is 10.8 Å². The molecule has 165 valence electrons. The quantitative estimate of drug-likeness (QED) is 0.164. The Bertz CT molecular complexity index is 382. The Morgan fingerprint density at radius 3 is 1.68 bits per heavy atom. The molecule has 28 heavy (non-hydrogen) atoms. The first kappa shape index (κ1) is 27.7. The SMILES string of the molecule is CCCCCCCC(C)(CCCCCCC)C(C)(CC)C(=O)[B]OC(C)CC. The predicted octanol–water partition coefficient (Wildman–Crippen LogP) is 8.09. The summed E-state index contributed by atoms with van der Waals surface area (Å²) in [4.78, 5) is 13.3. The van der Waals surface area contributed by atoms with Crippen LogP contribution >= 0.6 is 0 Å². The fourth-order valence-electron chi connectivity index (χ4n) is 4.22. The second-order valence-corrected chi connectivity index (χ2v) is 9.41. The summed E-state index contributed by atoms with van der Waals surface area (Å²) < 4.78 is 5.74. The minimum Gasteiger partial charge on any atom is -0.429 e. The first-order chi connectivity index (χ1) is 13.3. The summed E-state index contributed by atoms with van der Waals surface area (Å²) in [6.45, 7) is 15.4. The van der Waals surface area contributed by atoms with E-state index in [9.17, 15) is 4.79 Å². The maximum atomic E-state index is 13.3. The Morgan fingerprint density at radius 2 is 1.29 bits per heavy atom. The molecule has 0 rings (SSSR count). The summed E-state index contributed by atoms with van der Waals surface area (Å²) in [6.07, 6.45) is 17.1. The van der Waals surface area contributed by atoms with Gasteiger partial charge in [-0.1, -0.05) is 106 Å². The molecule has 0 aromatic rings. The molecule has 0 fully saturated rings. The molecule has 0 bridgehead atoms. The predicted molar refractivity (Wildman–Crippen MR) is 125 cm³/mol. The number of carbonyl (C=O) groups is 1. The summed E-state index contributed by atoms with van der Waals surface area (Å²) >= 11 is 0. The van der Waals surface area contributed by atoms with Gasteiger partial charge in [-0.2, -0.15) is 0 Å². The fourth-order valence-corrected chi connectivity index (χ4v) is 4.22. The van der Waals surface area contributed by atoms with E-state index >= 15 is 0 Å². The van der Waals surface area contributed by atoms with Gasteiger partial charge < -0.3 is 9.45 Å². The molecule has 2 nitrogen and oxygen atoms in total. The molecule has 1 radical (unpaired) electrons. The lowest BCUT2D eigenvalue weighted by molar-refractivity contribution is -0.129. The van der Waals surface area contributed by atoms with Gasteiger partial charge in [0.2, 0.25) is 0 Å². The van der Waals surface area contributed by atoms with Gasteiger partial charge in [0.15, 0.2) is 0 Å². The minimum atomic E-state index is -0.337. The average molecular weight is 393 g/mol. The Labute approximate surface area is 178 Å². The van der Waals surface area contributed by atoms with Crippen LogP contribution in [0.5, 0.6) is 0 Å². The Morgan fingerprint density at radius 1 is 0.821 bits per heavy atom. The maximum Gasteiger partial charge on any atom is 0.377 e. The third-order valence-corrected chi connectivity index (χ3v) is 7.23. The Kier molecular flexibility index (Phi) is 15.4. The van der Waals surface area contributed by atoms with Crippen molar-refractivity contribution in [3.05, 3.63) is 0 Å². The first-order valence-electron chi connectivity index (χ1n) is 12.3. The van der Waals surface area contributed by atoms with Crippen LogP contribution in [-0.4, -0.2) is 19.3 Å². The van der Waals surface area contributed by atoms with Gasteiger partial charge in [-0.15, -0.1) is 0 Å². The number of hydrogen-bond acceptors (Lipinski definition) is 2. The largest absolute Gasteiger partial charge is 0.429 e. The van der Waals surface area contributed by atoms with Gasteiger partial charge in [0.1, 0.15) is 5.68 Å². The van der Waals surface area contributed by atoms with Crippen molar-refractivity contribution >= 4 is 13.2 Å². The van der Waals surface area contributed by atoms with Gasteiger partial charge in [-0.25, -0.2) is 0 Å². The summed E-state index contributed by atoms with van der Waals surface area (Å²) in [5, 5.41) is 0. The van der Waals surface area contributed by atoms with E-state index in [2.05, 4.69) is 41.5 Å². The van der Waals surface area contributed by atoms with Crippen LogP contribution in [0.2, 0.25) is 0 Å². The van der Waals surface area contributed by atoms with E-state index < -0.39 is 0 Å². The number of hydrogen-bond donors (Lipinski definition) is 0. The van der Waals surface area contributed by atoms with Gasteiger partial charge in [-0.3, -0.25) is 0 Å². The second-order valence-electron chi connectivity index (χ2n) is 9.41. The summed E-state index contributed by atoms with van der Waals surface area (Å²) in [7, 11) is 1.55. The van der Waals surface area contributed by atoms with Crippen LogP contribution in [-0.2, 0) is 9.45 Å². The highest BCUT2D eigenvalue weighted by Crippen LogP contribution is 2.50. The number of rotatable bonds is 19. The Hall–Kier alpha value is -0.305. The molecular formula is C25H50BO2. The third kappa shape index (κ3) is 9.46. The van der Waals surface area contributed by atoms with E-state index in [1.807, 2.05) is 6.92 Å². The van der Waals surface area contributed by atoms with Crippen LogP contribution in [0, 0.1) is 10.8 Å². The van der Waals surface area contributed by atoms with Gasteiger partial charge in [-0.05, 0) is 38.0 Å². The molecule has 2 atom stereocenters. The van der Waals surface area contributed by atoms with E-state index in [1.54, 1.807) is 7.48 Å². The number of carbonyl (C=O) groups excluding carboxylic acids is 1. The molecular weight excluding hydrogens is 343 g/mol. The highest BCUT2D eigenvalue weighted by atomic mass is 16.4. The fraction of sp³-hybridized carbons (Fsp3) is 0.960. The summed E-state index contributed by atoms with van der Waals surface area (Å²) in [5.74, 6) is 0. The highest BCUT2D eigenvalue weighted by molar-refractivity contribution is 6.70. The summed E-state index contributed by atoms with van der Waals surface area (Å²) in [6, 6.07) is 0. The van der Waals surface area contributed by atoms with Crippen molar-refractivity contribution < 1.29 is 9.45 Å². The van der Waals surface area contributed by atoms with Crippen LogP contribution in [0.25, 0.3) is 0 Å². The first-order valence-corrected chi connectivity index (χ1v) is 12.3. The zero-order valence-electron chi connectivity index (χ0n) is 20.4. The third-order valence-electron chi connectivity index (χ3n) is 7.23. The lowest BCUT2D eigenvalue weighted by atomic mass is 9.53. The molecule has 0 heterocycles. The van der Waals surface area contributed by atoms with Crippen LogP contribution in [0.4, 0.5) is 0 Å². The van der Waals surface area contributed by atoms with E-state index in [-0.39, 0.29) is 22.6 Å². The molecule has 0 saturated carbocycles. The monoisotopic (exact) mass is 393 g/mol. The molecule has 0 aliphatic heterocycles. The van der Waals surface area contributed by atoms with E-state index in [4.69, 9.17) is 4.65 Å². The standard InChI is InChI=1S/C25H50BO2/c1-8-12-14-16-18-20-24(6,21-19-17-15-13-9-2)25(7,11-4)23(27)26-28-22(5)10-3/h22H,8-21H2,1-7H3. The molecule has 0 saturated heterocycles. The second kappa shape index (κ2) is 15.5. The zero-order chi connectivity index (χ0) is 21.5. The van der Waals surface area contributed by atoms with Crippen LogP contribution in [0.3, 0.4) is 0 Å². The van der Waals surface area contributed by atoms with Crippen LogP contribution < -0.4 is 0 Å². The molecule has 0 aliphatic carbocycles. The Balaban J connectivity index is 5.11. The van der Waals surface area contributed by atoms with Gasteiger partial charge in [0, 0.05) is 11.5 Å². The van der Waals surface area contributed by atoms with Gasteiger partial charge >= 0.3 is 7.48 Å². The molecule has 0 N–H and O–H groups in total. The molecule has 0 spiro atoms. The van der Waals surface area contributed by atoms with E-state index in [0.29, 0.717) is 0 Å². The van der Waals surface area contributed by atoms with Crippen molar-refractivity contribution in [3.8, 4) is 0 Å². The number of unbranched alkanes of at least 4 members (excludes halogenated alkanes) is 8. The van der Waals surface area contributed by atoms with E-state index in [0.717, 1.165) is 25.7 Å². The molecule has 0 aromatic carbocycles. The highest BCUT2D eigenvalue weighted by Gasteiger charge is 2.47. The van der Waals surface area contributed by atoms with Gasteiger partial charge in [0.05, 0.1) is 0 Å². The molecule has 3 heteroatoms. The lowest BCUT2D eigenvalue weighted by Crippen LogP contribution is -2.47. The van der Waals surface area contributed by atoms with Crippen LogP contribution in [0.15, 0.2) is 0 Å². The van der Waals surface area contributed by atoms with Gasteiger partial charge in [0.25, 0.3) is 0 Å². The molecule has 0 aliphatic rings. The van der Waals surface area contributed by atoms with Crippen molar-refractivity contribution in [2.75, 3.05) is 0 Å². The van der Waals surface area contributed by atoms with Crippen LogP contribution in [0.1, 0.15) is 138 Å². The van der Waals surface area contributed by atoms with Crippen molar-refractivity contribution in [1.29, 1.82) is 0 Å². The van der Waals surface area contributed by atoms with Crippen molar-refractivity contribution in [3.63, 3.8) is 0 Å². The van der Waals surface area contributed by atoms with E-state index in [1.165, 1.54) is 64.2 Å². The molecule has 0 amide bonds. The topological polar surface area (TPSA) is 26.3 Å². The normalized spacial score (nSPS) is 15.2. The zero-order valence-corrected chi connectivity index (χ0v) is 20.4. The summed E-state index contributed by atoms with van der Waals surface area (Å²) in [5.41, 5.74) is -0.0948. The lowest BCUT2D eigenvalue weighted by Gasteiger charge is -2.46. The molecule has 0 aromatic heterocycles.